The van der Waals surface area contributed by atoms with Gasteiger partial charge in [0.05, 0.1) is 17.6 Å². The third-order valence-corrected chi connectivity index (χ3v) is 3.31. The van der Waals surface area contributed by atoms with Gasteiger partial charge in [0, 0.05) is 26.2 Å². The van der Waals surface area contributed by atoms with Crippen LogP contribution in [0.3, 0.4) is 0 Å². The van der Waals surface area contributed by atoms with Crippen molar-refractivity contribution in [2.75, 3.05) is 34.8 Å². The van der Waals surface area contributed by atoms with E-state index in [2.05, 4.69) is 20.2 Å². The van der Waals surface area contributed by atoms with Crippen molar-refractivity contribution < 1.29 is 4.79 Å². The van der Waals surface area contributed by atoms with Crippen LogP contribution in [0, 0.1) is 0 Å². The van der Waals surface area contributed by atoms with Crippen molar-refractivity contribution in [3.8, 4) is 0 Å². The predicted octanol–water partition coefficient (Wildman–Crippen LogP) is 1.89. The summed E-state index contributed by atoms with van der Waals surface area (Å²) < 4.78 is 0. The number of rotatable bonds is 2. The maximum absolute atomic E-state index is 10.5. The van der Waals surface area contributed by atoms with E-state index in [0.717, 1.165) is 24.6 Å². The molecule has 0 aliphatic carbocycles. The van der Waals surface area contributed by atoms with Crippen LogP contribution in [-0.4, -0.2) is 29.0 Å². The molecule has 0 radical (unpaired) electrons. The summed E-state index contributed by atoms with van der Waals surface area (Å²) in [5, 5.41) is 2.53. The maximum atomic E-state index is 10.5. The number of anilines is 4. The Balaban J connectivity index is 0.000000168. The molecule has 2 aromatic rings. The summed E-state index contributed by atoms with van der Waals surface area (Å²) >= 11 is 0. The Morgan fingerprint density at radius 1 is 1.17 bits per heavy atom. The van der Waals surface area contributed by atoms with Crippen molar-refractivity contribution in [3.05, 3.63) is 36.7 Å². The zero-order chi connectivity index (χ0) is 16.7. The van der Waals surface area contributed by atoms with Crippen LogP contribution in [0.1, 0.15) is 19.8 Å². The van der Waals surface area contributed by atoms with Gasteiger partial charge in [-0.3, -0.25) is 4.79 Å². The summed E-state index contributed by atoms with van der Waals surface area (Å²) in [5.74, 6) is 1.34. The number of nitrogens with two attached hydrogens (primary N) is 2. The molecule has 3 heterocycles. The lowest BCUT2D eigenvalue weighted by Crippen LogP contribution is -2.20. The summed E-state index contributed by atoms with van der Waals surface area (Å²) in [6.07, 6.45) is 5.81. The standard InChI is InChI=1S/C9H13N3.C7H9N3O/c10-8-4-3-5-11-9(8)12-6-1-2-7-12;1-5(11)10-7-3-2-6(8)4-9-7/h3-5H,1-2,6-7,10H2;2-4H,8H2,1H3,(H,9,10,11). The number of pyridine rings is 2. The van der Waals surface area contributed by atoms with E-state index in [-0.39, 0.29) is 5.91 Å². The van der Waals surface area contributed by atoms with Gasteiger partial charge in [-0.2, -0.15) is 0 Å². The highest BCUT2D eigenvalue weighted by atomic mass is 16.1. The number of nitrogen functional groups attached to an aromatic ring is 2. The molecule has 0 unspecified atom stereocenters. The van der Waals surface area contributed by atoms with Crippen molar-refractivity contribution in [2.45, 2.75) is 19.8 Å². The largest absolute Gasteiger partial charge is 0.397 e. The molecule has 0 atom stereocenters. The van der Waals surface area contributed by atoms with E-state index in [1.807, 2.05) is 12.1 Å². The van der Waals surface area contributed by atoms with E-state index in [0.29, 0.717) is 11.5 Å². The highest BCUT2D eigenvalue weighted by molar-refractivity contribution is 5.87. The lowest BCUT2D eigenvalue weighted by molar-refractivity contribution is -0.114. The summed E-state index contributed by atoms with van der Waals surface area (Å²) in [5.41, 5.74) is 12.6. The average molecular weight is 314 g/mol. The van der Waals surface area contributed by atoms with Crippen LogP contribution in [0.4, 0.5) is 23.0 Å². The minimum absolute atomic E-state index is 0.137. The molecule has 7 nitrogen and oxygen atoms in total. The van der Waals surface area contributed by atoms with Gasteiger partial charge >= 0.3 is 0 Å². The highest BCUT2D eigenvalue weighted by Crippen LogP contribution is 2.22. The molecule has 0 spiro atoms. The molecule has 0 bridgehead atoms. The molecule has 7 heteroatoms. The Morgan fingerprint density at radius 3 is 2.48 bits per heavy atom. The summed E-state index contributed by atoms with van der Waals surface area (Å²) in [6.45, 7) is 3.63. The number of hydrogen-bond donors (Lipinski definition) is 3. The summed E-state index contributed by atoms with van der Waals surface area (Å²) in [6, 6.07) is 7.10. The van der Waals surface area contributed by atoms with E-state index < -0.39 is 0 Å². The fourth-order valence-electron chi connectivity index (χ4n) is 2.26. The van der Waals surface area contributed by atoms with Crippen LogP contribution in [-0.2, 0) is 4.79 Å². The van der Waals surface area contributed by atoms with Gasteiger partial charge in [0.25, 0.3) is 0 Å². The fraction of sp³-hybridized carbons (Fsp3) is 0.312. The Labute approximate surface area is 135 Å². The van der Waals surface area contributed by atoms with Gasteiger partial charge in [0.1, 0.15) is 5.82 Å². The number of nitrogens with one attached hydrogen (secondary N) is 1. The normalized spacial score (nSPS) is 13.2. The molecule has 1 amide bonds. The second-order valence-electron chi connectivity index (χ2n) is 5.27. The molecule has 1 aliphatic rings. The monoisotopic (exact) mass is 314 g/mol. The number of carbonyl (C=O) groups excluding carboxylic acids is 1. The van der Waals surface area contributed by atoms with Gasteiger partial charge in [-0.15, -0.1) is 0 Å². The van der Waals surface area contributed by atoms with E-state index in [1.165, 1.54) is 26.0 Å². The molecule has 0 saturated carbocycles. The van der Waals surface area contributed by atoms with Crippen molar-refractivity contribution in [3.63, 3.8) is 0 Å². The third kappa shape index (κ3) is 5.14. The van der Waals surface area contributed by atoms with Gasteiger partial charge in [-0.1, -0.05) is 0 Å². The number of amides is 1. The Morgan fingerprint density at radius 2 is 1.91 bits per heavy atom. The molecule has 1 fully saturated rings. The van der Waals surface area contributed by atoms with Crippen LogP contribution in [0.5, 0.6) is 0 Å². The van der Waals surface area contributed by atoms with E-state index in [4.69, 9.17) is 11.5 Å². The zero-order valence-corrected chi connectivity index (χ0v) is 13.2. The van der Waals surface area contributed by atoms with Crippen molar-refractivity contribution >= 4 is 28.9 Å². The van der Waals surface area contributed by atoms with Crippen LogP contribution in [0.2, 0.25) is 0 Å². The molecule has 1 aliphatic heterocycles. The second kappa shape index (κ2) is 7.98. The smallest absolute Gasteiger partial charge is 0.222 e. The first-order valence-corrected chi connectivity index (χ1v) is 7.51. The third-order valence-electron chi connectivity index (χ3n) is 3.31. The molecule has 1 saturated heterocycles. The van der Waals surface area contributed by atoms with Crippen molar-refractivity contribution in [1.29, 1.82) is 0 Å². The van der Waals surface area contributed by atoms with Gasteiger partial charge in [0.2, 0.25) is 5.91 Å². The van der Waals surface area contributed by atoms with Crippen molar-refractivity contribution in [2.24, 2.45) is 0 Å². The molecule has 3 rings (SSSR count). The molecule has 122 valence electrons. The minimum Gasteiger partial charge on any atom is -0.397 e. The molecular formula is C16H22N6O. The minimum atomic E-state index is -0.137. The molecular weight excluding hydrogens is 292 g/mol. The first kappa shape index (κ1) is 16.5. The van der Waals surface area contributed by atoms with Crippen LogP contribution < -0.4 is 21.7 Å². The van der Waals surface area contributed by atoms with Crippen LogP contribution >= 0.6 is 0 Å². The van der Waals surface area contributed by atoms with E-state index in [9.17, 15) is 4.79 Å². The lowest BCUT2D eigenvalue weighted by atomic mass is 10.4. The first-order chi connectivity index (χ1) is 11.1. The van der Waals surface area contributed by atoms with Gasteiger partial charge in [0.15, 0.2) is 5.82 Å². The van der Waals surface area contributed by atoms with Crippen LogP contribution in [0.15, 0.2) is 36.7 Å². The van der Waals surface area contributed by atoms with Gasteiger partial charge in [-0.25, -0.2) is 9.97 Å². The quantitative estimate of drug-likeness (QED) is 0.780. The zero-order valence-electron chi connectivity index (χ0n) is 13.2. The summed E-state index contributed by atoms with van der Waals surface area (Å²) in [4.78, 5) is 20.9. The maximum Gasteiger partial charge on any atom is 0.222 e. The fourth-order valence-corrected chi connectivity index (χ4v) is 2.26. The highest BCUT2D eigenvalue weighted by Gasteiger charge is 2.14. The van der Waals surface area contributed by atoms with E-state index in [1.54, 1.807) is 18.3 Å². The molecule has 23 heavy (non-hydrogen) atoms. The Hall–Kier alpha value is -2.83. The number of aromatic nitrogens is 2. The van der Waals surface area contributed by atoms with Gasteiger partial charge in [-0.05, 0) is 37.1 Å². The SMILES string of the molecule is CC(=O)Nc1ccc(N)cn1.Nc1cccnc1N1CCCC1. The summed E-state index contributed by atoms with van der Waals surface area (Å²) in [7, 11) is 0. The number of nitrogens with zero attached hydrogens (tertiary/aromatic N) is 3. The first-order valence-electron chi connectivity index (χ1n) is 7.51. The lowest BCUT2D eigenvalue weighted by Gasteiger charge is -2.17. The number of hydrogen-bond acceptors (Lipinski definition) is 6. The number of carbonyl (C=O) groups is 1. The molecule has 5 N–H and O–H groups in total. The Kier molecular flexibility index (Phi) is 5.74. The Bertz CT molecular complexity index is 637. The molecule has 2 aromatic heterocycles. The average Bonchev–Trinajstić information content (AvgIpc) is 3.04. The molecule has 0 aromatic carbocycles. The topological polar surface area (TPSA) is 110 Å². The predicted molar refractivity (Wildman–Crippen MR) is 93.0 cm³/mol. The van der Waals surface area contributed by atoms with E-state index >= 15 is 0 Å². The second-order valence-corrected chi connectivity index (χ2v) is 5.27. The van der Waals surface area contributed by atoms with Crippen molar-refractivity contribution in [1.82, 2.24) is 9.97 Å². The van der Waals surface area contributed by atoms with Crippen LogP contribution in [0.25, 0.3) is 0 Å². The van der Waals surface area contributed by atoms with Gasteiger partial charge < -0.3 is 21.7 Å².